The van der Waals surface area contributed by atoms with E-state index in [4.69, 9.17) is 0 Å². The van der Waals surface area contributed by atoms with E-state index in [1.807, 2.05) is 6.07 Å². The summed E-state index contributed by atoms with van der Waals surface area (Å²) in [5.74, 6) is 0.607. The van der Waals surface area contributed by atoms with Gasteiger partial charge in [0.25, 0.3) is 5.91 Å². The fourth-order valence-corrected chi connectivity index (χ4v) is 2.87. The zero-order valence-corrected chi connectivity index (χ0v) is 12.0. The maximum absolute atomic E-state index is 12.3. The average molecular weight is 261 g/mol. The van der Waals surface area contributed by atoms with E-state index in [9.17, 15) is 4.79 Å². The molecule has 1 aromatic heterocycles. The van der Waals surface area contributed by atoms with Crippen LogP contribution in [0.5, 0.6) is 0 Å². The molecule has 0 spiro atoms. The molecule has 4 nitrogen and oxygen atoms in total. The largest absolute Gasteiger partial charge is 0.372 e. The van der Waals surface area contributed by atoms with E-state index in [0.29, 0.717) is 16.8 Å². The summed E-state index contributed by atoms with van der Waals surface area (Å²) in [4.78, 5) is 16.5. The van der Waals surface area contributed by atoms with Gasteiger partial charge in [0, 0.05) is 19.3 Å². The molecule has 0 aliphatic heterocycles. The summed E-state index contributed by atoms with van der Waals surface area (Å²) in [6, 6.07) is 3.88. The molecule has 2 rings (SSSR count). The Morgan fingerprint density at radius 2 is 2.26 bits per heavy atom. The zero-order chi connectivity index (χ0) is 13.9. The van der Waals surface area contributed by atoms with Crippen LogP contribution in [-0.4, -0.2) is 24.0 Å². The second-order valence-electron chi connectivity index (χ2n) is 6.08. The Bertz CT molecular complexity index is 456. The first kappa shape index (κ1) is 13.8. The topological polar surface area (TPSA) is 54.0 Å². The molecule has 1 amide bonds. The van der Waals surface area contributed by atoms with Gasteiger partial charge in [0.1, 0.15) is 5.82 Å². The normalized spacial score (nSPS) is 21.7. The molecule has 1 fully saturated rings. The summed E-state index contributed by atoms with van der Waals surface area (Å²) in [6.45, 7) is 4.54. The van der Waals surface area contributed by atoms with Gasteiger partial charge < -0.3 is 10.6 Å². The molecule has 0 bridgehead atoms. The summed E-state index contributed by atoms with van der Waals surface area (Å²) in [7, 11) is 1.78. The van der Waals surface area contributed by atoms with E-state index in [0.717, 1.165) is 12.8 Å². The molecule has 19 heavy (non-hydrogen) atoms. The molecule has 1 unspecified atom stereocenters. The van der Waals surface area contributed by atoms with Gasteiger partial charge in [0.2, 0.25) is 0 Å². The first-order valence-electron chi connectivity index (χ1n) is 6.95. The van der Waals surface area contributed by atoms with E-state index in [1.165, 1.54) is 12.8 Å². The van der Waals surface area contributed by atoms with E-state index in [-0.39, 0.29) is 11.9 Å². The van der Waals surface area contributed by atoms with E-state index < -0.39 is 0 Å². The van der Waals surface area contributed by atoms with Crippen molar-refractivity contribution in [3.05, 3.63) is 23.9 Å². The van der Waals surface area contributed by atoms with E-state index >= 15 is 0 Å². The van der Waals surface area contributed by atoms with Gasteiger partial charge in [-0.1, -0.05) is 20.3 Å². The number of aromatic nitrogens is 1. The maximum atomic E-state index is 12.3. The van der Waals surface area contributed by atoms with Crippen molar-refractivity contribution in [3.63, 3.8) is 0 Å². The predicted octanol–water partition coefficient (Wildman–Crippen LogP) is 2.82. The van der Waals surface area contributed by atoms with Crippen LogP contribution in [0.3, 0.4) is 0 Å². The number of hydrogen-bond acceptors (Lipinski definition) is 3. The van der Waals surface area contributed by atoms with Crippen molar-refractivity contribution < 1.29 is 4.79 Å². The number of carbonyl (C=O) groups is 1. The van der Waals surface area contributed by atoms with Crippen LogP contribution in [0.2, 0.25) is 0 Å². The second-order valence-corrected chi connectivity index (χ2v) is 6.08. The highest BCUT2D eigenvalue weighted by atomic mass is 16.1. The van der Waals surface area contributed by atoms with Crippen molar-refractivity contribution >= 4 is 11.7 Å². The van der Waals surface area contributed by atoms with Crippen molar-refractivity contribution in [2.75, 3.05) is 12.4 Å². The highest BCUT2D eigenvalue weighted by Gasteiger charge is 2.29. The Hall–Kier alpha value is -1.58. The quantitative estimate of drug-likeness (QED) is 0.879. The van der Waals surface area contributed by atoms with Crippen LogP contribution < -0.4 is 10.6 Å². The number of carbonyl (C=O) groups excluding carboxylic acids is 1. The molecule has 1 aliphatic rings. The van der Waals surface area contributed by atoms with Crippen LogP contribution in [0.25, 0.3) is 0 Å². The summed E-state index contributed by atoms with van der Waals surface area (Å²) in [6.07, 6.45) is 6.24. The summed E-state index contributed by atoms with van der Waals surface area (Å²) in [5.41, 5.74) is 0.949. The number of anilines is 1. The lowest BCUT2D eigenvalue weighted by atomic mass is 9.75. The lowest BCUT2D eigenvalue weighted by Crippen LogP contribution is -2.40. The maximum Gasteiger partial charge on any atom is 0.255 e. The number of hydrogen-bond donors (Lipinski definition) is 2. The third kappa shape index (κ3) is 3.46. The molecule has 0 aromatic carbocycles. The molecule has 1 heterocycles. The molecule has 1 saturated carbocycles. The molecule has 0 radical (unpaired) electrons. The van der Waals surface area contributed by atoms with Crippen molar-refractivity contribution in [1.29, 1.82) is 0 Å². The minimum Gasteiger partial charge on any atom is -0.372 e. The Morgan fingerprint density at radius 1 is 1.47 bits per heavy atom. The highest BCUT2D eigenvalue weighted by Crippen LogP contribution is 2.35. The Kier molecular flexibility index (Phi) is 4.08. The highest BCUT2D eigenvalue weighted by molar-refractivity contribution is 5.98. The van der Waals surface area contributed by atoms with Crippen molar-refractivity contribution in [2.24, 2.45) is 5.41 Å². The average Bonchev–Trinajstić information content (AvgIpc) is 2.37. The molecule has 1 atom stereocenters. The van der Waals surface area contributed by atoms with Gasteiger partial charge in [-0.15, -0.1) is 0 Å². The van der Waals surface area contributed by atoms with Gasteiger partial charge in [-0.25, -0.2) is 4.98 Å². The predicted molar refractivity (Wildman–Crippen MR) is 77.3 cm³/mol. The zero-order valence-electron chi connectivity index (χ0n) is 12.0. The molecule has 1 aliphatic carbocycles. The molecule has 4 heteroatoms. The Morgan fingerprint density at radius 3 is 2.95 bits per heavy atom. The lowest BCUT2D eigenvalue weighted by molar-refractivity contribution is 0.0903. The number of nitrogens with zero attached hydrogens (tertiary/aromatic N) is 1. The third-order valence-electron chi connectivity index (χ3n) is 3.83. The first-order chi connectivity index (χ1) is 9.02. The third-order valence-corrected chi connectivity index (χ3v) is 3.83. The number of pyridine rings is 1. The van der Waals surface area contributed by atoms with Crippen LogP contribution in [-0.2, 0) is 0 Å². The second kappa shape index (κ2) is 5.59. The van der Waals surface area contributed by atoms with Crippen LogP contribution in [0.4, 0.5) is 5.82 Å². The lowest BCUT2D eigenvalue weighted by Gasteiger charge is -2.35. The number of amides is 1. The van der Waals surface area contributed by atoms with Gasteiger partial charge in [-0.3, -0.25) is 4.79 Å². The van der Waals surface area contributed by atoms with E-state index in [1.54, 1.807) is 19.3 Å². The molecule has 0 saturated heterocycles. The Balaban J connectivity index is 2.05. The summed E-state index contributed by atoms with van der Waals surface area (Å²) >= 11 is 0. The minimum absolute atomic E-state index is 0.0276. The monoisotopic (exact) mass is 261 g/mol. The van der Waals surface area contributed by atoms with Crippen molar-refractivity contribution in [2.45, 2.75) is 45.6 Å². The molecular formula is C15H23N3O. The van der Waals surface area contributed by atoms with Crippen LogP contribution in [0.1, 0.15) is 49.9 Å². The fourth-order valence-electron chi connectivity index (χ4n) is 2.87. The van der Waals surface area contributed by atoms with Crippen molar-refractivity contribution in [1.82, 2.24) is 10.3 Å². The minimum atomic E-state index is -0.0276. The molecule has 1 aromatic rings. The number of rotatable bonds is 3. The number of nitrogens with one attached hydrogen (secondary N) is 2. The smallest absolute Gasteiger partial charge is 0.255 e. The van der Waals surface area contributed by atoms with Gasteiger partial charge in [0.05, 0.1) is 5.56 Å². The van der Waals surface area contributed by atoms with Gasteiger partial charge in [-0.05, 0) is 36.8 Å². The van der Waals surface area contributed by atoms with Crippen LogP contribution in [0.15, 0.2) is 18.3 Å². The first-order valence-corrected chi connectivity index (χ1v) is 6.95. The van der Waals surface area contributed by atoms with Gasteiger partial charge >= 0.3 is 0 Å². The molecule has 2 N–H and O–H groups in total. The standard InChI is InChI=1S/C15H23N3O/c1-15(2)8-4-6-11(10-15)18-14(19)12-7-5-9-17-13(12)16-3/h5,7,9,11H,4,6,8,10H2,1-3H3,(H,16,17)(H,18,19). The van der Waals surface area contributed by atoms with Gasteiger partial charge in [-0.2, -0.15) is 0 Å². The van der Waals surface area contributed by atoms with E-state index in [2.05, 4.69) is 29.5 Å². The van der Waals surface area contributed by atoms with Crippen molar-refractivity contribution in [3.8, 4) is 0 Å². The Labute approximate surface area is 115 Å². The summed E-state index contributed by atoms with van der Waals surface area (Å²) in [5, 5.41) is 6.10. The van der Waals surface area contributed by atoms with Crippen LogP contribution >= 0.6 is 0 Å². The SMILES string of the molecule is CNc1ncccc1C(=O)NC1CCCC(C)(C)C1. The molecule has 104 valence electrons. The molecular weight excluding hydrogens is 238 g/mol. The fraction of sp³-hybridized carbons (Fsp3) is 0.600. The van der Waals surface area contributed by atoms with Crippen LogP contribution in [0, 0.1) is 5.41 Å². The van der Waals surface area contributed by atoms with Gasteiger partial charge in [0.15, 0.2) is 0 Å². The summed E-state index contributed by atoms with van der Waals surface area (Å²) < 4.78 is 0.